The molecular formula is C12H15NO3. The maximum atomic E-state index is 11.1. The van der Waals surface area contributed by atoms with Crippen molar-refractivity contribution < 1.29 is 14.7 Å². The first-order valence-corrected chi connectivity index (χ1v) is 4.99. The predicted molar refractivity (Wildman–Crippen MR) is 60.1 cm³/mol. The fourth-order valence-corrected chi connectivity index (χ4v) is 1.63. The molecule has 0 bridgehead atoms. The summed E-state index contributed by atoms with van der Waals surface area (Å²) in [5.74, 6) is -1.41. The molecule has 1 atom stereocenters. The van der Waals surface area contributed by atoms with Gasteiger partial charge in [-0.15, -0.1) is 0 Å². The molecular weight excluding hydrogens is 206 g/mol. The van der Waals surface area contributed by atoms with Gasteiger partial charge in [0.1, 0.15) is 0 Å². The van der Waals surface area contributed by atoms with E-state index in [9.17, 15) is 9.59 Å². The quantitative estimate of drug-likeness (QED) is 0.814. The number of hydrogen-bond acceptors (Lipinski definition) is 2. The van der Waals surface area contributed by atoms with Gasteiger partial charge in [-0.25, -0.2) is 4.79 Å². The van der Waals surface area contributed by atoms with E-state index in [-0.39, 0.29) is 5.91 Å². The van der Waals surface area contributed by atoms with Gasteiger partial charge in [0.25, 0.3) is 0 Å². The molecule has 0 aromatic heterocycles. The summed E-state index contributed by atoms with van der Waals surface area (Å²) in [7, 11) is 0. The lowest BCUT2D eigenvalue weighted by Gasteiger charge is -2.16. The van der Waals surface area contributed by atoms with Gasteiger partial charge in [0.05, 0.1) is 0 Å². The van der Waals surface area contributed by atoms with Gasteiger partial charge in [-0.2, -0.15) is 0 Å². The molecule has 2 N–H and O–H groups in total. The molecule has 1 amide bonds. The summed E-state index contributed by atoms with van der Waals surface area (Å²) in [6, 6.07) is 4.49. The van der Waals surface area contributed by atoms with E-state index in [2.05, 4.69) is 5.32 Å². The number of hydrogen-bond donors (Lipinski definition) is 2. The summed E-state index contributed by atoms with van der Waals surface area (Å²) >= 11 is 0. The highest BCUT2D eigenvalue weighted by molar-refractivity contribution is 5.83. The van der Waals surface area contributed by atoms with E-state index in [1.54, 1.807) is 6.07 Å². The Morgan fingerprint density at radius 2 is 1.94 bits per heavy atom. The first kappa shape index (κ1) is 12.2. The number of carbonyl (C=O) groups excluding carboxylic acids is 1. The van der Waals surface area contributed by atoms with Gasteiger partial charge in [0.2, 0.25) is 5.91 Å². The number of amides is 1. The summed E-state index contributed by atoms with van der Waals surface area (Å²) in [6.07, 6.45) is 0. The van der Waals surface area contributed by atoms with E-state index in [1.165, 1.54) is 6.92 Å². The smallest absolute Gasteiger partial charge is 0.330 e. The molecule has 0 spiro atoms. The lowest BCUT2D eigenvalue weighted by atomic mass is 9.99. The van der Waals surface area contributed by atoms with Gasteiger partial charge in [-0.3, -0.25) is 4.79 Å². The van der Waals surface area contributed by atoms with Crippen LogP contribution in [-0.4, -0.2) is 17.0 Å². The molecule has 1 aromatic carbocycles. The Kier molecular flexibility index (Phi) is 3.66. The standard InChI is InChI=1S/C12H15NO3/c1-7-4-5-10(8(2)6-7)11(12(15)16)13-9(3)14/h4-6,11H,1-3H3,(H,13,14)(H,15,16). The van der Waals surface area contributed by atoms with Gasteiger partial charge < -0.3 is 10.4 Å². The molecule has 0 saturated carbocycles. The average molecular weight is 221 g/mol. The highest BCUT2D eigenvalue weighted by Gasteiger charge is 2.22. The van der Waals surface area contributed by atoms with Gasteiger partial charge >= 0.3 is 5.97 Å². The minimum atomic E-state index is -1.05. The number of nitrogens with one attached hydrogen (secondary N) is 1. The van der Waals surface area contributed by atoms with E-state index in [4.69, 9.17) is 5.11 Å². The number of benzene rings is 1. The van der Waals surface area contributed by atoms with E-state index in [1.807, 2.05) is 26.0 Å². The Bertz CT molecular complexity index is 426. The number of aryl methyl sites for hydroxylation is 2. The molecule has 1 unspecified atom stereocenters. The highest BCUT2D eigenvalue weighted by Crippen LogP contribution is 2.19. The van der Waals surface area contributed by atoms with Gasteiger partial charge in [0.15, 0.2) is 6.04 Å². The van der Waals surface area contributed by atoms with E-state index >= 15 is 0 Å². The van der Waals surface area contributed by atoms with Crippen LogP contribution in [0.15, 0.2) is 18.2 Å². The molecule has 1 rings (SSSR count). The number of carboxylic acids is 1. The fraction of sp³-hybridized carbons (Fsp3) is 0.333. The fourth-order valence-electron chi connectivity index (χ4n) is 1.63. The molecule has 0 fully saturated rings. The Balaban J connectivity index is 3.10. The van der Waals surface area contributed by atoms with E-state index < -0.39 is 12.0 Å². The second kappa shape index (κ2) is 4.79. The largest absolute Gasteiger partial charge is 0.479 e. The number of carbonyl (C=O) groups is 2. The molecule has 16 heavy (non-hydrogen) atoms. The number of rotatable bonds is 3. The third-order valence-electron chi connectivity index (χ3n) is 2.33. The molecule has 0 aliphatic rings. The van der Waals surface area contributed by atoms with E-state index in [0.717, 1.165) is 11.1 Å². The zero-order valence-electron chi connectivity index (χ0n) is 9.57. The van der Waals surface area contributed by atoms with Crippen molar-refractivity contribution in [1.82, 2.24) is 5.32 Å². The van der Waals surface area contributed by atoms with Crippen molar-refractivity contribution in [3.63, 3.8) is 0 Å². The van der Waals surface area contributed by atoms with Crippen molar-refractivity contribution in [1.29, 1.82) is 0 Å². The molecule has 0 radical (unpaired) electrons. The first-order valence-electron chi connectivity index (χ1n) is 4.99. The minimum Gasteiger partial charge on any atom is -0.479 e. The maximum absolute atomic E-state index is 11.1. The zero-order chi connectivity index (χ0) is 12.3. The lowest BCUT2D eigenvalue weighted by Crippen LogP contribution is -2.32. The monoisotopic (exact) mass is 221 g/mol. The molecule has 0 aliphatic heterocycles. The summed E-state index contributed by atoms with van der Waals surface area (Å²) in [5.41, 5.74) is 2.54. The van der Waals surface area contributed by atoms with Crippen LogP contribution in [0.4, 0.5) is 0 Å². The summed E-state index contributed by atoms with van der Waals surface area (Å²) in [6.45, 7) is 5.07. The topological polar surface area (TPSA) is 66.4 Å². The molecule has 0 aliphatic carbocycles. The van der Waals surface area contributed by atoms with Crippen molar-refractivity contribution in [2.45, 2.75) is 26.8 Å². The lowest BCUT2D eigenvalue weighted by molar-refractivity contribution is -0.141. The van der Waals surface area contributed by atoms with Gasteiger partial charge in [0, 0.05) is 6.92 Å². The summed E-state index contributed by atoms with van der Waals surface area (Å²) < 4.78 is 0. The van der Waals surface area contributed by atoms with Gasteiger partial charge in [-0.05, 0) is 25.0 Å². The van der Waals surface area contributed by atoms with E-state index in [0.29, 0.717) is 5.56 Å². The van der Waals surface area contributed by atoms with Crippen LogP contribution >= 0.6 is 0 Å². The Hall–Kier alpha value is -1.84. The van der Waals surface area contributed by atoms with Crippen LogP contribution in [0.5, 0.6) is 0 Å². The van der Waals surface area contributed by atoms with Crippen molar-refractivity contribution in [2.24, 2.45) is 0 Å². The summed E-state index contributed by atoms with van der Waals surface area (Å²) in [5, 5.41) is 11.5. The van der Waals surface area contributed by atoms with Crippen molar-refractivity contribution in [2.75, 3.05) is 0 Å². The third kappa shape index (κ3) is 2.82. The maximum Gasteiger partial charge on any atom is 0.330 e. The Morgan fingerprint density at radius 1 is 1.31 bits per heavy atom. The molecule has 4 nitrogen and oxygen atoms in total. The Labute approximate surface area is 94.3 Å². The van der Waals surface area contributed by atoms with Crippen molar-refractivity contribution >= 4 is 11.9 Å². The number of carboxylic acid groups (broad SMARTS) is 1. The Morgan fingerprint density at radius 3 is 2.38 bits per heavy atom. The third-order valence-corrected chi connectivity index (χ3v) is 2.33. The normalized spacial score (nSPS) is 11.9. The predicted octanol–water partition coefficient (Wildman–Crippen LogP) is 1.57. The molecule has 0 saturated heterocycles. The van der Waals surface area contributed by atoms with Crippen LogP contribution in [0.2, 0.25) is 0 Å². The molecule has 4 heteroatoms. The number of aliphatic carboxylic acids is 1. The SMILES string of the molecule is CC(=O)NC(C(=O)O)c1ccc(C)cc1C. The van der Waals surface area contributed by atoms with Crippen molar-refractivity contribution in [3.8, 4) is 0 Å². The minimum absolute atomic E-state index is 0.354. The van der Waals surface area contributed by atoms with Gasteiger partial charge in [-0.1, -0.05) is 23.8 Å². The second-order valence-electron chi connectivity index (χ2n) is 3.83. The molecule has 86 valence electrons. The van der Waals surface area contributed by atoms with Crippen LogP contribution in [0.3, 0.4) is 0 Å². The van der Waals surface area contributed by atoms with Crippen LogP contribution in [0.25, 0.3) is 0 Å². The first-order chi connectivity index (χ1) is 7.41. The van der Waals surface area contributed by atoms with Crippen molar-refractivity contribution in [3.05, 3.63) is 34.9 Å². The second-order valence-corrected chi connectivity index (χ2v) is 3.83. The van der Waals surface area contributed by atoms with Crippen LogP contribution in [0, 0.1) is 13.8 Å². The highest BCUT2D eigenvalue weighted by atomic mass is 16.4. The van der Waals surface area contributed by atoms with Crippen LogP contribution in [-0.2, 0) is 9.59 Å². The van der Waals surface area contributed by atoms with Crippen LogP contribution in [0.1, 0.15) is 29.7 Å². The average Bonchev–Trinajstić information content (AvgIpc) is 2.14. The molecule has 0 heterocycles. The zero-order valence-corrected chi connectivity index (χ0v) is 9.57. The molecule has 1 aromatic rings. The summed E-state index contributed by atoms with van der Waals surface area (Å²) in [4.78, 5) is 22.0. The van der Waals surface area contributed by atoms with Crippen LogP contribution < -0.4 is 5.32 Å².